The molecule has 3 aliphatic heterocycles. The zero-order valence-electron chi connectivity index (χ0n) is 22.7. The van der Waals surface area contributed by atoms with Crippen molar-refractivity contribution in [3.63, 3.8) is 0 Å². The number of nitrogens with zero attached hydrogens (tertiary/aromatic N) is 3. The van der Waals surface area contributed by atoms with Crippen LogP contribution in [0.1, 0.15) is 13.3 Å². The number of benzene rings is 2. The summed E-state index contributed by atoms with van der Waals surface area (Å²) in [6.07, 6.45) is 1.14. The van der Waals surface area contributed by atoms with E-state index in [1.165, 1.54) is 51.4 Å². The quantitative estimate of drug-likeness (QED) is 0.328. The summed E-state index contributed by atoms with van der Waals surface area (Å²) in [6, 6.07) is 17.3. The predicted molar refractivity (Wildman–Crippen MR) is 162 cm³/mol. The fraction of sp³-hybridized carbons (Fsp3) is 0.433. The van der Waals surface area contributed by atoms with E-state index >= 15 is 0 Å². The van der Waals surface area contributed by atoms with Crippen molar-refractivity contribution in [3.8, 4) is 11.3 Å². The van der Waals surface area contributed by atoms with Crippen LogP contribution in [0.3, 0.4) is 0 Å². The van der Waals surface area contributed by atoms with Crippen LogP contribution in [0.15, 0.2) is 72.9 Å². The molecule has 2 saturated heterocycles. The van der Waals surface area contributed by atoms with Crippen molar-refractivity contribution < 1.29 is 4.74 Å². The van der Waals surface area contributed by atoms with Crippen LogP contribution in [0.5, 0.6) is 0 Å². The molecule has 2 fully saturated rings. The topological polar surface area (TPSA) is 63.8 Å². The largest absolute Gasteiger partial charge is 0.383 e. The van der Waals surface area contributed by atoms with E-state index < -0.39 is 0 Å². The highest BCUT2D eigenvalue weighted by Crippen LogP contribution is 2.52. The lowest BCUT2D eigenvalue weighted by molar-refractivity contribution is 0.122. The van der Waals surface area contributed by atoms with E-state index in [1.54, 1.807) is 17.8 Å². The molecule has 0 radical (unpaired) electrons. The number of hydrogen-bond donors (Lipinski definition) is 2. The SMILES string of the molecule is CC(CCN1CCN(C)CC1)Nc1ccc2c(c1)Sc1cccc(-c3cc(N4CCOCC4)cc(=O)[nH]3)c1S2. The summed E-state index contributed by atoms with van der Waals surface area (Å²) in [4.78, 5) is 27.9. The van der Waals surface area contributed by atoms with Gasteiger partial charge in [-0.3, -0.25) is 4.79 Å². The van der Waals surface area contributed by atoms with E-state index in [2.05, 4.69) is 81.4 Å². The number of aromatic amines is 1. The Morgan fingerprint density at radius 1 is 0.949 bits per heavy atom. The van der Waals surface area contributed by atoms with Gasteiger partial charge in [-0.1, -0.05) is 35.7 Å². The van der Waals surface area contributed by atoms with Crippen LogP contribution < -0.4 is 15.8 Å². The number of nitrogens with one attached hydrogen (secondary N) is 2. The Bertz CT molecular complexity index is 1370. The van der Waals surface area contributed by atoms with Crippen LogP contribution >= 0.6 is 23.5 Å². The molecule has 1 atom stereocenters. The molecule has 6 rings (SSSR count). The molecule has 39 heavy (non-hydrogen) atoms. The van der Waals surface area contributed by atoms with Gasteiger partial charge >= 0.3 is 0 Å². The summed E-state index contributed by atoms with van der Waals surface area (Å²) in [5.74, 6) is 0. The third kappa shape index (κ3) is 6.33. The molecule has 2 aromatic carbocycles. The number of fused-ring (bicyclic) bond motifs is 2. The smallest absolute Gasteiger partial charge is 0.250 e. The van der Waals surface area contributed by atoms with Crippen LogP contribution in [0.25, 0.3) is 11.3 Å². The van der Waals surface area contributed by atoms with Crippen molar-refractivity contribution in [3.05, 3.63) is 58.9 Å². The van der Waals surface area contributed by atoms with Crippen LogP contribution in [0.4, 0.5) is 11.4 Å². The summed E-state index contributed by atoms with van der Waals surface area (Å²) in [5, 5.41) is 3.73. The van der Waals surface area contributed by atoms with Crippen molar-refractivity contribution in [2.45, 2.75) is 39.0 Å². The first-order valence-corrected chi connectivity index (χ1v) is 15.5. The second-order valence-electron chi connectivity index (χ2n) is 10.7. The van der Waals surface area contributed by atoms with Gasteiger partial charge in [-0.25, -0.2) is 0 Å². The van der Waals surface area contributed by atoms with E-state index in [0.717, 1.165) is 43.0 Å². The normalized spacial score (nSPS) is 18.9. The molecular weight excluding hydrogens is 526 g/mol. The van der Waals surface area contributed by atoms with Gasteiger partial charge in [0.25, 0.3) is 0 Å². The number of ether oxygens (including phenoxy) is 1. The lowest BCUT2D eigenvalue weighted by Gasteiger charge is -2.33. The zero-order chi connectivity index (χ0) is 26.8. The minimum absolute atomic E-state index is 0.0714. The van der Waals surface area contributed by atoms with Crippen LogP contribution in [-0.4, -0.2) is 86.9 Å². The molecule has 0 saturated carbocycles. The Hall–Kier alpha value is -2.43. The third-order valence-corrected chi connectivity index (χ3v) is 10.3. The van der Waals surface area contributed by atoms with Crippen molar-refractivity contribution in [2.24, 2.45) is 0 Å². The maximum atomic E-state index is 12.6. The number of piperazine rings is 1. The predicted octanol–water partition coefficient (Wildman–Crippen LogP) is 4.93. The van der Waals surface area contributed by atoms with Crippen molar-refractivity contribution >= 4 is 34.9 Å². The Kier molecular flexibility index (Phi) is 8.22. The van der Waals surface area contributed by atoms with Gasteiger partial charge in [0.15, 0.2) is 0 Å². The lowest BCUT2D eigenvalue weighted by Crippen LogP contribution is -2.45. The molecule has 0 aliphatic carbocycles. The molecule has 2 N–H and O–H groups in total. The van der Waals surface area contributed by atoms with Crippen molar-refractivity contribution in [1.29, 1.82) is 0 Å². The molecule has 3 aromatic rings. The molecule has 1 aromatic heterocycles. The van der Waals surface area contributed by atoms with E-state index in [1.807, 2.05) is 11.8 Å². The highest BCUT2D eigenvalue weighted by atomic mass is 32.2. The summed E-state index contributed by atoms with van der Waals surface area (Å²) in [7, 11) is 2.21. The molecular formula is C30H37N5O2S2. The Morgan fingerprint density at radius 2 is 1.77 bits per heavy atom. The number of hydrogen-bond acceptors (Lipinski definition) is 8. The number of likely N-dealkylation sites (N-methyl/N-ethyl adjacent to an activating group) is 1. The number of H-pyrrole nitrogens is 1. The minimum Gasteiger partial charge on any atom is -0.383 e. The second-order valence-corrected chi connectivity index (χ2v) is 12.8. The molecule has 0 bridgehead atoms. The summed E-state index contributed by atoms with van der Waals surface area (Å²) < 4.78 is 5.50. The van der Waals surface area contributed by atoms with Crippen molar-refractivity contribution in [2.75, 3.05) is 76.3 Å². The third-order valence-electron chi connectivity index (χ3n) is 7.74. The Balaban J connectivity index is 1.16. The molecule has 1 unspecified atom stereocenters. The van der Waals surface area contributed by atoms with Crippen LogP contribution in [0.2, 0.25) is 0 Å². The van der Waals surface area contributed by atoms with Crippen molar-refractivity contribution in [1.82, 2.24) is 14.8 Å². The van der Waals surface area contributed by atoms with E-state index in [4.69, 9.17) is 4.74 Å². The van der Waals surface area contributed by atoms with Gasteiger partial charge in [0, 0.05) is 94.4 Å². The van der Waals surface area contributed by atoms with Gasteiger partial charge in [0.1, 0.15) is 0 Å². The van der Waals surface area contributed by atoms with Gasteiger partial charge in [0.05, 0.1) is 18.9 Å². The molecule has 3 aliphatic rings. The average Bonchev–Trinajstić information content (AvgIpc) is 2.95. The standard InChI is InChI=1S/C30H37N5O2S2/c1-21(8-9-34-12-10-33(2)11-13-34)31-22-6-7-26-28(18-22)38-27-5-3-4-24(30(27)39-26)25-19-23(20-29(36)32-25)35-14-16-37-17-15-35/h3-7,18-21,31H,8-17H2,1-2H3,(H,32,36). The minimum atomic E-state index is -0.0714. The maximum Gasteiger partial charge on any atom is 0.250 e. The van der Waals surface area contributed by atoms with Gasteiger partial charge in [-0.2, -0.15) is 0 Å². The van der Waals surface area contributed by atoms with E-state index in [0.29, 0.717) is 19.3 Å². The number of aromatic nitrogens is 1. The van der Waals surface area contributed by atoms with Gasteiger partial charge in [0.2, 0.25) is 5.56 Å². The van der Waals surface area contributed by atoms with E-state index in [9.17, 15) is 4.79 Å². The first-order valence-electron chi connectivity index (χ1n) is 13.9. The highest BCUT2D eigenvalue weighted by Gasteiger charge is 2.23. The van der Waals surface area contributed by atoms with Crippen LogP contribution in [-0.2, 0) is 4.74 Å². The van der Waals surface area contributed by atoms with Gasteiger partial charge in [-0.15, -0.1) is 0 Å². The molecule has 0 amide bonds. The molecule has 0 spiro atoms. The van der Waals surface area contributed by atoms with Gasteiger partial charge < -0.3 is 29.7 Å². The molecule has 206 valence electrons. The molecule has 7 nitrogen and oxygen atoms in total. The second kappa shape index (κ2) is 12.0. The van der Waals surface area contributed by atoms with Crippen LogP contribution in [0, 0.1) is 0 Å². The monoisotopic (exact) mass is 563 g/mol. The molecule has 4 heterocycles. The maximum absolute atomic E-state index is 12.6. The first-order chi connectivity index (χ1) is 19.0. The first kappa shape index (κ1) is 26.8. The summed E-state index contributed by atoms with van der Waals surface area (Å²) in [5.41, 5.74) is 4.00. The fourth-order valence-electron chi connectivity index (χ4n) is 5.39. The summed E-state index contributed by atoms with van der Waals surface area (Å²) >= 11 is 3.61. The fourth-order valence-corrected chi connectivity index (χ4v) is 7.80. The number of anilines is 2. The lowest BCUT2D eigenvalue weighted by atomic mass is 10.1. The Morgan fingerprint density at radius 3 is 2.59 bits per heavy atom. The Labute approximate surface area is 239 Å². The number of morpholine rings is 1. The summed E-state index contributed by atoms with van der Waals surface area (Å²) in [6.45, 7) is 11.1. The number of pyridine rings is 1. The van der Waals surface area contributed by atoms with E-state index in [-0.39, 0.29) is 5.56 Å². The average molecular weight is 564 g/mol. The number of rotatable bonds is 7. The highest BCUT2D eigenvalue weighted by molar-refractivity contribution is 8.05. The zero-order valence-corrected chi connectivity index (χ0v) is 24.4. The molecule has 9 heteroatoms. The van der Waals surface area contributed by atoms with Gasteiger partial charge in [-0.05, 0) is 50.7 Å².